The van der Waals surface area contributed by atoms with Crippen molar-refractivity contribution in [1.82, 2.24) is 15.0 Å². The molecule has 1 aliphatic carbocycles. The van der Waals surface area contributed by atoms with Crippen molar-refractivity contribution in [1.29, 1.82) is 5.26 Å². The molecule has 6 N–H and O–H groups in total. The van der Waals surface area contributed by atoms with Crippen LogP contribution in [0.5, 0.6) is 0 Å². The highest BCUT2D eigenvalue weighted by atomic mass is 19.1. The van der Waals surface area contributed by atoms with Gasteiger partial charge in [0.15, 0.2) is 0 Å². The Morgan fingerprint density at radius 3 is 2.68 bits per heavy atom. The van der Waals surface area contributed by atoms with E-state index >= 15 is 0 Å². The first-order valence-corrected chi connectivity index (χ1v) is 9.89. The van der Waals surface area contributed by atoms with E-state index in [2.05, 4.69) is 26.7 Å². The van der Waals surface area contributed by atoms with Crippen LogP contribution in [0.1, 0.15) is 30.0 Å². The smallest absolute Gasteiger partial charge is 0.137 e. The van der Waals surface area contributed by atoms with Crippen molar-refractivity contribution in [2.75, 3.05) is 17.7 Å². The van der Waals surface area contributed by atoms with E-state index < -0.39 is 6.04 Å². The number of hydrogen-bond donors (Lipinski definition) is 4. The molecule has 158 valence electrons. The van der Waals surface area contributed by atoms with Crippen LogP contribution in [0.25, 0.3) is 10.9 Å². The average Bonchev–Trinajstić information content (AvgIpc) is 3.62. The monoisotopic (exact) mass is 418 g/mol. The minimum atomic E-state index is -0.489. The molecule has 0 aliphatic heterocycles. The Labute approximate surface area is 179 Å². The fraction of sp³-hybridized carbons (Fsp3) is 0.227. The van der Waals surface area contributed by atoms with Crippen LogP contribution in [-0.2, 0) is 0 Å². The maximum Gasteiger partial charge on any atom is 0.137 e. The molecule has 1 aromatic heterocycles. The quantitative estimate of drug-likeness (QED) is 0.340. The van der Waals surface area contributed by atoms with Gasteiger partial charge >= 0.3 is 0 Å². The lowest BCUT2D eigenvalue weighted by Crippen LogP contribution is -2.30. The first-order valence-electron chi connectivity index (χ1n) is 9.89. The van der Waals surface area contributed by atoms with Gasteiger partial charge in [-0.15, -0.1) is 0 Å². The Morgan fingerprint density at radius 1 is 1.29 bits per heavy atom. The summed E-state index contributed by atoms with van der Waals surface area (Å²) in [5.74, 6) is 6.36. The molecule has 0 radical (unpaired) electrons. The lowest BCUT2D eigenvalue weighted by Gasteiger charge is -2.24. The summed E-state index contributed by atoms with van der Waals surface area (Å²) in [6, 6.07) is 11.6. The summed E-state index contributed by atoms with van der Waals surface area (Å²) in [4.78, 5) is 8.48. The predicted molar refractivity (Wildman–Crippen MR) is 118 cm³/mol. The molecule has 1 fully saturated rings. The number of rotatable bonds is 7. The van der Waals surface area contributed by atoms with Crippen molar-refractivity contribution in [3.63, 3.8) is 0 Å². The molecule has 0 saturated heterocycles. The predicted octanol–water partition coefficient (Wildman–Crippen LogP) is 2.97. The molecule has 3 aromatic rings. The molecule has 1 aliphatic rings. The molecule has 8 nitrogen and oxygen atoms in total. The third-order valence-electron chi connectivity index (χ3n) is 5.21. The number of nitrogens with two attached hydrogens (primary N) is 2. The number of nitrogens with one attached hydrogen (secondary N) is 2. The number of fused-ring (bicyclic) bond motifs is 1. The molecule has 0 spiro atoms. The first kappa shape index (κ1) is 20.4. The fourth-order valence-electron chi connectivity index (χ4n) is 3.44. The van der Waals surface area contributed by atoms with Crippen molar-refractivity contribution in [2.45, 2.75) is 24.9 Å². The van der Waals surface area contributed by atoms with E-state index in [0.29, 0.717) is 33.7 Å². The number of nitriles is 1. The highest BCUT2D eigenvalue weighted by Crippen LogP contribution is 2.31. The zero-order valence-electron chi connectivity index (χ0n) is 17.0. The largest absolute Gasteiger partial charge is 0.399 e. The number of halogens is 1. The van der Waals surface area contributed by atoms with Crippen molar-refractivity contribution < 1.29 is 4.39 Å². The summed E-state index contributed by atoms with van der Waals surface area (Å²) in [6.07, 6.45) is 5.17. The molecule has 9 heteroatoms. The van der Waals surface area contributed by atoms with Gasteiger partial charge in [0.05, 0.1) is 22.8 Å². The molecular weight excluding hydrogens is 395 g/mol. The summed E-state index contributed by atoms with van der Waals surface area (Å²) >= 11 is 0. The van der Waals surface area contributed by atoms with Crippen molar-refractivity contribution >= 4 is 22.4 Å². The van der Waals surface area contributed by atoms with E-state index in [9.17, 15) is 9.65 Å². The number of anilines is 2. The summed E-state index contributed by atoms with van der Waals surface area (Å²) in [5.41, 5.74) is 9.25. The average molecular weight is 418 g/mol. The van der Waals surface area contributed by atoms with Gasteiger partial charge in [0.25, 0.3) is 0 Å². The second kappa shape index (κ2) is 8.45. The SMILES string of the molecule is CNc1ncnc2c(C#N)cc(NC(/C(N)=C/N(N)C3CC3)c3ccc(F)cc3)cc12. The third-order valence-corrected chi connectivity index (χ3v) is 5.21. The van der Waals surface area contributed by atoms with E-state index in [1.807, 2.05) is 6.07 Å². The third kappa shape index (κ3) is 4.34. The number of nitrogens with zero attached hydrogens (tertiary/aromatic N) is 4. The van der Waals surface area contributed by atoms with Gasteiger partial charge in [0.2, 0.25) is 0 Å². The van der Waals surface area contributed by atoms with Gasteiger partial charge in [-0.25, -0.2) is 20.2 Å². The minimum Gasteiger partial charge on any atom is -0.399 e. The van der Waals surface area contributed by atoms with Crippen LogP contribution < -0.4 is 22.2 Å². The Hall–Kier alpha value is -3.90. The summed E-state index contributed by atoms with van der Waals surface area (Å²) in [7, 11) is 1.75. The van der Waals surface area contributed by atoms with Gasteiger partial charge in [-0.1, -0.05) is 12.1 Å². The topological polar surface area (TPSA) is 129 Å². The van der Waals surface area contributed by atoms with Crippen LogP contribution in [0.2, 0.25) is 0 Å². The molecule has 0 amide bonds. The van der Waals surface area contributed by atoms with Crippen LogP contribution in [0.15, 0.2) is 54.6 Å². The lowest BCUT2D eigenvalue weighted by molar-refractivity contribution is 0.378. The standard InChI is InChI=1S/C22H23FN8/c1-27-22-18-9-16(8-14(10-24)20(18)28-12-29-22)30-21(13-2-4-15(23)5-3-13)19(25)11-31(26)17-6-7-17/h2-5,8-9,11-12,17,21,30H,6-7,25-26H2,1H3,(H,27,28,29)/b19-11-. The van der Waals surface area contributed by atoms with E-state index in [1.54, 1.807) is 36.5 Å². The van der Waals surface area contributed by atoms with Crippen LogP contribution in [-0.4, -0.2) is 28.1 Å². The number of aromatic nitrogens is 2. The maximum atomic E-state index is 13.5. The van der Waals surface area contributed by atoms with E-state index in [4.69, 9.17) is 11.6 Å². The zero-order valence-corrected chi connectivity index (χ0v) is 17.0. The van der Waals surface area contributed by atoms with Crippen LogP contribution in [0, 0.1) is 17.1 Å². The fourth-order valence-corrected chi connectivity index (χ4v) is 3.44. The normalized spacial score (nSPS) is 14.7. The Bertz CT molecular complexity index is 1160. The van der Waals surface area contributed by atoms with Gasteiger partial charge in [0.1, 0.15) is 24.0 Å². The maximum absolute atomic E-state index is 13.5. The van der Waals surface area contributed by atoms with Crippen LogP contribution in [0.3, 0.4) is 0 Å². The van der Waals surface area contributed by atoms with E-state index in [0.717, 1.165) is 18.4 Å². The summed E-state index contributed by atoms with van der Waals surface area (Å²) in [6.45, 7) is 0. The van der Waals surface area contributed by atoms with Crippen molar-refractivity contribution in [3.8, 4) is 6.07 Å². The molecule has 0 bridgehead atoms. The van der Waals surface area contributed by atoms with Gasteiger partial charge < -0.3 is 21.4 Å². The van der Waals surface area contributed by atoms with Crippen molar-refractivity contribution in [2.24, 2.45) is 11.6 Å². The molecule has 1 heterocycles. The van der Waals surface area contributed by atoms with E-state index in [1.165, 1.54) is 18.5 Å². The zero-order chi connectivity index (χ0) is 22.0. The summed E-state index contributed by atoms with van der Waals surface area (Å²) < 4.78 is 13.5. The summed E-state index contributed by atoms with van der Waals surface area (Å²) in [5, 5.41) is 18.3. The Kier molecular flexibility index (Phi) is 5.56. The minimum absolute atomic E-state index is 0.286. The van der Waals surface area contributed by atoms with Crippen LogP contribution >= 0.6 is 0 Å². The van der Waals surface area contributed by atoms with Crippen molar-refractivity contribution in [3.05, 3.63) is 71.6 Å². The highest BCUT2D eigenvalue weighted by Gasteiger charge is 2.26. The van der Waals surface area contributed by atoms with Gasteiger partial charge in [0, 0.05) is 30.4 Å². The molecule has 4 rings (SSSR count). The van der Waals surface area contributed by atoms with Gasteiger partial charge in [-0.05, 0) is 42.7 Å². The number of hydrogen-bond acceptors (Lipinski definition) is 8. The number of benzene rings is 2. The molecule has 2 aromatic carbocycles. The molecule has 31 heavy (non-hydrogen) atoms. The first-order chi connectivity index (χ1) is 15.0. The molecular formula is C22H23FN8. The molecule has 1 unspecified atom stereocenters. The molecule has 1 saturated carbocycles. The van der Waals surface area contributed by atoms with E-state index in [-0.39, 0.29) is 11.9 Å². The lowest BCUT2D eigenvalue weighted by atomic mass is 10.0. The van der Waals surface area contributed by atoms with Gasteiger partial charge in [-0.3, -0.25) is 0 Å². The number of hydrazine groups is 1. The Morgan fingerprint density at radius 2 is 2.03 bits per heavy atom. The second-order valence-electron chi connectivity index (χ2n) is 7.44. The second-order valence-corrected chi connectivity index (χ2v) is 7.44. The highest BCUT2D eigenvalue weighted by molar-refractivity contribution is 5.95. The van der Waals surface area contributed by atoms with Gasteiger partial charge in [-0.2, -0.15) is 5.26 Å². The molecule has 1 atom stereocenters. The van der Waals surface area contributed by atoms with Crippen LogP contribution in [0.4, 0.5) is 15.9 Å². The Balaban J connectivity index is 1.76.